The molecule has 7 nitrogen and oxygen atoms in total. The van der Waals surface area contributed by atoms with Gasteiger partial charge < -0.3 is 33.2 Å². The topological polar surface area (TPSA) is 71.2 Å². The van der Waals surface area contributed by atoms with Crippen LogP contribution in [0.15, 0.2) is 103 Å². The summed E-state index contributed by atoms with van der Waals surface area (Å²) in [5, 5.41) is 6.86. The Morgan fingerprint density at radius 2 is 1.04 bits per heavy atom. The van der Waals surface area contributed by atoms with Gasteiger partial charge in [-0.05, 0) is 74.3 Å². The van der Waals surface area contributed by atoms with Crippen molar-refractivity contribution in [2.45, 2.75) is 18.1 Å². The molecule has 6 aromatic carbocycles. The first-order valence-corrected chi connectivity index (χ1v) is 16.7. The van der Waals surface area contributed by atoms with E-state index in [-0.39, 0.29) is 18.1 Å². The van der Waals surface area contributed by atoms with Crippen molar-refractivity contribution in [1.29, 1.82) is 0 Å². The van der Waals surface area contributed by atoms with Crippen molar-refractivity contribution >= 4 is 32.3 Å². The molecule has 0 saturated carbocycles. The molecule has 0 amide bonds. The molecule has 2 unspecified atom stereocenters. The highest BCUT2D eigenvalue weighted by Gasteiger charge is 2.33. The average Bonchev–Trinajstić information content (AvgIpc) is 4.07. The van der Waals surface area contributed by atoms with E-state index in [4.69, 9.17) is 33.2 Å². The first kappa shape index (κ1) is 29.5. The summed E-state index contributed by atoms with van der Waals surface area (Å²) in [6.45, 7) is 4.76. The van der Waals surface area contributed by atoms with E-state index in [1.165, 1.54) is 16.3 Å². The van der Waals surface area contributed by atoms with E-state index in [0.29, 0.717) is 39.6 Å². The van der Waals surface area contributed by atoms with Gasteiger partial charge in [0.25, 0.3) is 0 Å². The summed E-state index contributed by atoms with van der Waals surface area (Å²) in [6.07, 6.45) is 0.486. The molecule has 3 heterocycles. The number of fused-ring (bicyclic) bond motifs is 7. The van der Waals surface area contributed by atoms with Crippen molar-refractivity contribution in [2.24, 2.45) is 0 Å². The van der Waals surface area contributed by atoms with Gasteiger partial charge in [-0.25, -0.2) is 0 Å². The van der Waals surface area contributed by atoms with E-state index in [0.717, 1.165) is 68.9 Å². The quantitative estimate of drug-likeness (QED) is 0.0934. The molecule has 2 fully saturated rings. The predicted molar refractivity (Wildman–Crippen MR) is 185 cm³/mol. The second-order valence-corrected chi connectivity index (χ2v) is 12.6. The number of hydrogen-bond donors (Lipinski definition) is 0. The molecule has 6 aromatic rings. The Morgan fingerprint density at radius 1 is 0.521 bits per heavy atom. The van der Waals surface area contributed by atoms with E-state index < -0.39 is 0 Å². The Morgan fingerprint density at radius 3 is 1.60 bits per heavy atom. The maximum absolute atomic E-state index is 6.75. The minimum atomic E-state index is -0.102. The van der Waals surface area contributed by atoms with Crippen molar-refractivity contribution < 1.29 is 33.2 Å². The summed E-state index contributed by atoms with van der Waals surface area (Å²) in [5.74, 6) is 3.20. The van der Waals surface area contributed by atoms with Gasteiger partial charge in [0.05, 0.1) is 39.6 Å². The fourth-order valence-corrected chi connectivity index (χ4v) is 6.74. The Hall–Kier alpha value is -4.66. The largest absolute Gasteiger partial charge is 0.491 e. The van der Waals surface area contributed by atoms with E-state index in [9.17, 15) is 0 Å². The van der Waals surface area contributed by atoms with Gasteiger partial charge in [0.15, 0.2) is 0 Å². The molecule has 9 rings (SSSR count). The van der Waals surface area contributed by atoms with Crippen LogP contribution in [-0.2, 0) is 18.9 Å². The molecule has 3 aliphatic rings. The summed E-state index contributed by atoms with van der Waals surface area (Å²) in [4.78, 5) is 0. The highest BCUT2D eigenvalue weighted by Crippen LogP contribution is 2.53. The first-order chi connectivity index (χ1) is 23.8. The summed E-state index contributed by atoms with van der Waals surface area (Å²) in [5.41, 5.74) is 3.44. The Kier molecular flexibility index (Phi) is 7.83. The monoisotopic (exact) mass is 640 g/mol. The Bertz CT molecular complexity index is 2010. The predicted octanol–water partition coefficient (Wildman–Crippen LogP) is 8.02. The van der Waals surface area contributed by atoms with E-state index in [1.807, 2.05) is 12.1 Å². The lowest BCUT2D eigenvalue weighted by molar-refractivity contribution is 0.0879. The van der Waals surface area contributed by atoms with E-state index >= 15 is 0 Å². The average molecular weight is 641 g/mol. The van der Waals surface area contributed by atoms with Gasteiger partial charge in [-0.1, -0.05) is 66.7 Å². The summed E-state index contributed by atoms with van der Waals surface area (Å²) in [6, 6.07) is 36.4. The molecule has 242 valence electrons. The molecule has 0 radical (unpaired) electrons. The van der Waals surface area contributed by atoms with Crippen LogP contribution >= 0.6 is 0 Å². The van der Waals surface area contributed by atoms with Crippen LogP contribution in [0, 0.1) is 0 Å². The second-order valence-electron chi connectivity index (χ2n) is 12.6. The third-order valence-electron chi connectivity index (χ3n) is 9.30. The van der Waals surface area contributed by atoms with Gasteiger partial charge in [0.2, 0.25) is 0 Å². The smallest absolute Gasteiger partial charge is 0.132 e. The van der Waals surface area contributed by atoms with E-state index in [2.05, 4.69) is 91.0 Å². The third kappa shape index (κ3) is 6.06. The lowest BCUT2D eigenvalue weighted by Crippen LogP contribution is -2.13. The molecule has 3 aliphatic heterocycles. The molecule has 7 heteroatoms. The number of epoxide rings is 2. The molecule has 0 bridgehead atoms. The zero-order valence-electron chi connectivity index (χ0n) is 26.6. The van der Waals surface area contributed by atoms with Crippen molar-refractivity contribution in [2.75, 3.05) is 52.9 Å². The fourth-order valence-electron chi connectivity index (χ4n) is 6.74. The molecular weight excluding hydrogens is 604 g/mol. The summed E-state index contributed by atoms with van der Waals surface area (Å²) < 4.78 is 41.1. The zero-order valence-corrected chi connectivity index (χ0v) is 26.6. The SMILES string of the molecule is c1ccc2cc(C3c4c(ccc5ccc(OCCOCC6CO6)cc45)Oc4ccc5ccc(OCCOCC6CO6)cc5c43)ccc2c1. The normalized spacial score (nSPS) is 19.1. The molecule has 2 atom stereocenters. The van der Waals surface area contributed by atoms with Crippen molar-refractivity contribution in [1.82, 2.24) is 0 Å². The van der Waals surface area contributed by atoms with Crippen LogP contribution in [0.25, 0.3) is 32.3 Å². The lowest BCUT2D eigenvalue weighted by atomic mass is 9.78. The van der Waals surface area contributed by atoms with Crippen LogP contribution < -0.4 is 14.2 Å². The highest BCUT2D eigenvalue weighted by molar-refractivity contribution is 5.96. The number of ether oxygens (including phenoxy) is 7. The molecule has 48 heavy (non-hydrogen) atoms. The number of rotatable bonds is 13. The standard InChI is InChI=1S/C41H36O7/c1-2-4-29-19-30(6-5-26(29)3-1)39-40-35-20-31(44-17-15-42-22-33-24-46-33)11-7-27(35)9-13-37(40)48-38-14-10-28-8-12-32(21-36(28)41(38)39)45-18-16-43-23-34-25-47-34/h1-14,19-21,33-34,39H,15-18,22-25H2. The second kappa shape index (κ2) is 12.7. The molecule has 0 aliphatic carbocycles. The van der Waals surface area contributed by atoms with Gasteiger partial charge in [0, 0.05) is 17.0 Å². The molecule has 2 saturated heterocycles. The van der Waals surface area contributed by atoms with Crippen molar-refractivity contribution in [3.05, 3.63) is 120 Å². The zero-order chi connectivity index (χ0) is 31.9. The number of hydrogen-bond acceptors (Lipinski definition) is 7. The summed E-state index contributed by atoms with van der Waals surface area (Å²) >= 11 is 0. The Labute approximate surface area is 278 Å². The molecular formula is C41H36O7. The van der Waals surface area contributed by atoms with Gasteiger partial charge in [-0.2, -0.15) is 0 Å². The maximum atomic E-state index is 6.75. The fraction of sp³-hybridized carbons (Fsp3) is 0.268. The highest BCUT2D eigenvalue weighted by atomic mass is 16.6. The van der Waals surface area contributed by atoms with Gasteiger partial charge in [-0.3, -0.25) is 0 Å². The van der Waals surface area contributed by atoms with Crippen LogP contribution in [0.2, 0.25) is 0 Å². The van der Waals surface area contributed by atoms with Gasteiger partial charge in [0.1, 0.15) is 48.4 Å². The minimum absolute atomic E-state index is 0.102. The lowest BCUT2D eigenvalue weighted by Gasteiger charge is -2.31. The molecule has 0 aromatic heterocycles. The minimum Gasteiger partial charge on any atom is -0.491 e. The van der Waals surface area contributed by atoms with Crippen LogP contribution in [0.5, 0.6) is 23.0 Å². The van der Waals surface area contributed by atoms with Crippen LogP contribution in [-0.4, -0.2) is 65.1 Å². The molecule has 0 spiro atoms. The molecule has 0 N–H and O–H groups in total. The summed E-state index contributed by atoms with van der Waals surface area (Å²) in [7, 11) is 0. The van der Waals surface area contributed by atoms with Crippen LogP contribution in [0.4, 0.5) is 0 Å². The Balaban J connectivity index is 1.12. The van der Waals surface area contributed by atoms with Crippen LogP contribution in [0.3, 0.4) is 0 Å². The van der Waals surface area contributed by atoms with Gasteiger partial charge >= 0.3 is 0 Å². The first-order valence-electron chi connectivity index (χ1n) is 16.7. The van der Waals surface area contributed by atoms with Gasteiger partial charge in [-0.15, -0.1) is 0 Å². The number of benzene rings is 6. The maximum Gasteiger partial charge on any atom is 0.132 e. The van der Waals surface area contributed by atoms with Crippen molar-refractivity contribution in [3.8, 4) is 23.0 Å². The van der Waals surface area contributed by atoms with E-state index in [1.54, 1.807) is 0 Å². The van der Waals surface area contributed by atoms with Crippen LogP contribution in [0.1, 0.15) is 22.6 Å². The third-order valence-corrected chi connectivity index (χ3v) is 9.30. The van der Waals surface area contributed by atoms with Crippen molar-refractivity contribution in [3.63, 3.8) is 0 Å².